The highest BCUT2D eigenvalue weighted by Crippen LogP contribution is 2.44. The van der Waals surface area contributed by atoms with Crippen LogP contribution in [0.15, 0.2) is 5.16 Å². The van der Waals surface area contributed by atoms with Crippen LogP contribution in [0.3, 0.4) is 0 Å². The van der Waals surface area contributed by atoms with Crippen molar-refractivity contribution >= 4 is 11.7 Å². The second kappa shape index (κ2) is 5.26. The van der Waals surface area contributed by atoms with Gasteiger partial charge in [-0.1, -0.05) is 32.3 Å². The van der Waals surface area contributed by atoms with Crippen LogP contribution in [0.5, 0.6) is 0 Å². The number of carbonyl (C=O) groups excluding carboxylic acids is 1. The fraction of sp³-hybridized carbons (Fsp3) is 0.867. The minimum Gasteiger partial charge on any atom is -0.409 e. The maximum atomic E-state index is 12.7. The zero-order valence-corrected chi connectivity index (χ0v) is 12.9. The molecule has 5 heteroatoms. The number of oxime groups is 1. The highest BCUT2D eigenvalue weighted by atomic mass is 16.4. The molecule has 114 valence electrons. The van der Waals surface area contributed by atoms with E-state index in [9.17, 15) is 4.79 Å². The SMILES string of the molecule is CC1(C(N)=NO)CCN(C(=O)C2CCCC2(C)C)CC1. The molecule has 1 aliphatic carbocycles. The van der Waals surface area contributed by atoms with Gasteiger partial charge in [0, 0.05) is 24.4 Å². The molecule has 1 unspecified atom stereocenters. The maximum Gasteiger partial charge on any atom is 0.226 e. The molecule has 0 aromatic rings. The van der Waals surface area contributed by atoms with Crippen molar-refractivity contribution in [3.05, 3.63) is 0 Å². The fourth-order valence-corrected chi connectivity index (χ4v) is 3.60. The highest BCUT2D eigenvalue weighted by molar-refractivity contribution is 5.86. The maximum absolute atomic E-state index is 12.7. The second-order valence-electron chi connectivity index (χ2n) is 7.30. The number of amides is 1. The molecule has 1 saturated heterocycles. The van der Waals surface area contributed by atoms with Crippen molar-refractivity contribution in [2.24, 2.45) is 27.6 Å². The lowest BCUT2D eigenvalue weighted by atomic mass is 9.77. The van der Waals surface area contributed by atoms with Gasteiger partial charge in [0.05, 0.1) is 0 Å². The van der Waals surface area contributed by atoms with Crippen molar-refractivity contribution < 1.29 is 10.0 Å². The van der Waals surface area contributed by atoms with E-state index in [0.29, 0.717) is 19.0 Å². The summed E-state index contributed by atoms with van der Waals surface area (Å²) in [6, 6.07) is 0. The molecule has 1 saturated carbocycles. The number of likely N-dealkylation sites (tertiary alicyclic amines) is 1. The summed E-state index contributed by atoms with van der Waals surface area (Å²) in [5, 5.41) is 12.0. The third-order valence-corrected chi connectivity index (χ3v) is 5.46. The lowest BCUT2D eigenvalue weighted by Crippen LogP contribution is -2.49. The van der Waals surface area contributed by atoms with E-state index in [0.717, 1.165) is 32.1 Å². The van der Waals surface area contributed by atoms with Gasteiger partial charge in [0.1, 0.15) is 5.84 Å². The van der Waals surface area contributed by atoms with Gasteiger partial charge in [-0.2, -0.15) is 0 Å². The Labute approximate surface area is 121 Å². The zero-order valence-electron chi connectivity index (χ0n) is 12.9. The van der Waals surface area contributed by atoms with Crippen LogP contribution < -0.4 is 5.73 Å². The lowest BCUT2D eigenvalue weighted by Gasteiger charge is -2.40. The predicted octanol–water partition coefficient (Wildman–Crippen LogP) is 2.19. The van der Waals surface area contributed by atoms with E-state index in [-0.39, 0.29) is 22.6 Å². The van der Waals surface area contributed by atoms with Gasteiger partial charge in [0.15, 0.2) is 0 Å². The van der Waals surface area contributed by atoms with Gasteiger partial charge in [-0.25, -0.2) is 0 Å². The molecule has 0 spiro atoms. The van der Waals surface area contributed by atoms with Gasteiger partial charge in [0.2, 0.25) is 5.91 Å². The molecule has 2 aliphatic rings. The van der Waals surface area contributed by atoms with Crippen LogP contribution in [0.2, 0.25) is 0 Å². The van der Waals surface area contributed by atoms with Crippen molar-refractivity contribution in [2.45, 2.75) is 52.9 Å². The minimum absolute atomic E-state index is 0.128. The number of nitrogens with two attached hydrogens (primary N) is 1. The van der Waals surface area contributed by atoms with E-state index in [1.165, 1.54) is 0 Å². The number of piperidine rings is 1. The molecule has 1 atom stereocenters. The Hall–Kier alpha value is -1.26. The first-order valence-electron chi connectivity index (χ1n) is 7.57. The van der Waals surface area contributed by atoms with Crippen LogP contribution in [0.1, 0.15) is 52.9 Å². The molecule has 0 aromatic carbocycles. The molecule has 0 radical (unpaired) electrons. The molecule has 1 amide bonds. The standard InChI is InChI=1S/C15H27N3O2/c1-14(2)6-4-5-11(14)12(19)18-9-7-15(3,8-10-18)13(16)17-20/h11,20H,4-10H2,1-3H3,(H2,16,17). The zero-order chi connectivity index (χ0) is 15.0. The molecular weight excluding hydrogens is 254 g/mol. The molecule has 5 nitrogen and oxygen atoms in total. The first kappa shape index (κ1) is 15.1. The molecule has 2 rings (SSSR count). The molecule has 20 heavy (non-hydrogen) atoms. The average Bonchev–Trinajstić information content (AvgIpc) is 2.77. The average molecular weight is 281 g/mol. The predicted molar refractivity (Wildman–Crippen MR) is 78.5 cm³/mol. The van der Waals surface area contributed by atoms with Gasteiger partial charge in [-0.05, 0) is 31.1 Å². The fourth-order valence-electron chi connectivity index (χ4n) is 3.60. The van der Waals surface area contributed by atoms with Gasteiger partial charge < -0.3 is 15.8 Å². The van der Waals surface area contributed by atoms with Crippen molar-refractivity contribution in [1.82, 2.24) is 4.90 Å². The van der Waals surface area contributed by atoms with Crippen LogP contribution in [0.25, 0.3) is 0 Å². The number of rotatable bonds is 2. The van der Waals surface area contributed by atoms with Crippen LogP contribution >= 0.6 is 0 Å². The van der Waals surface area contributed by atoms with Gasteiger partial charge >= 0.3 is 0 Å². The number of hydrogen-bond acceptors (Lipinski definition) is 3. The molecule has 2 fully saturated rings. The summed E-state index contributed by atoms with van der Waals surface area (Å²) in [4.78, 5) is 14.7. The van der Waals surface area contributed by atoms with Crippen LogP contribution in [0.4, 0.5) is 0 Å². The van der Waals surface area contributed by atoms with E-state index in [4.69, 9.17) is 10.9 Å². The van der Waals surface area contributed by atoms with E-state index in [1.807, 2.05) is 11.8 Å². The molecule has 1 aliphatic heterocycles. The summed E-state index contributed by atoms with van der Waals surface area (Å²) in [6.07, 6.45) is 4.83. The second-order valence-corrected chi connectivity index (χ2v) is 7.30. The minimum atomic E-state index is -0.281. The van der Waals surface area contributed by atoms with Crippen molar-refractivity contribution in [1.29, 1.82) is 0 Å². The monoisotopic (exact) mass is 281 g/mol. The summed E-state index contributed by atoms with van der Waals surface area (Å²) in [5.74, 6) is 0.746. The summed E-state index contributed by atoms with van der Waals surface area (Å²) in [7, 11) is 0. The third-order valence-electron chi connectivity index (χ3n) is 5.46. The molecule has 1 heterocycles. The Morgan fingerprint density at radius 1 is 1.25 bits per heavy atom. The Bertz CT molecular complexity index is 409. The molecule has 3 N–H and O–H groups in total. The first-order chi connectivity index (χ1) is 9.30. The highest BCUT2D eigenvalue weighted by Gasteiger charge is 2.43. The Balaban J connectivity index is 1.99. The van der Waals surface area contributed by atoms with Crippen molar-refractivity contribution in [2.75, 3.05) is 13.1 Å². The lowest BCUT2D eigenvalue weighted by molar-refractivity contribution is -0.140. The first-order valence-corrected chi connectivity index (χ1v) is 7.57. The summed E-state index contributed by atoms with van der Waals surface area (Å²) >= 11 is 0. The van der Waals surface area contributed by atoms with Gasteiger partial charge in [-0.3, -0.25) is 4.79 Å². The number of amidine groups is 1. The number of nitrogens with zero attached hydrogens (tertiary/aromatic N) is 2. The normalized spacial score (nSPS) is 29.4. The molecular formula is C15H27N3O2. The molecule has 0 aromatic heterocycles. The van der Waals surface area contributed by atoms with Crippen LogP contribution in [0, 0.1) is 16.7 Å². The number of hydrogen-bond donors (Lipinski definition) is 2. The topological polar surface area (TPSA) is 78.9 Å². The Morgan fingerprint density at radius 2 is 1.85 bits per heavy atom. The largest absolute Gasteiger partial charge is 0.409 e. The quantitative estimate of drug-likeness (QED) is 0.352. The van der Waals surface area contributed by atoms with Crippen molar-refractivity contribution in [3.8, 4) is 0 Å². The van der Waals surface area contributed by atoms with Crippen LogP contribution in [-0.4, -0.2) is 34.9 Å². The summed E-state index contributed by atoms with van der Waals surface area (Å²) < 4.78 is 0. The van der Waals surface area contributed by atoms with Crippen LogP contribution in [-0.2, 0) is 4.79 Å². The Morgan fingerprint density at radius 3 is 2.30 bits per heavy atom. The third kappa shape index (κ3) is 2.63. The van der Waals surface area contributed by atoms with E-state index in [2.05, 4.69) is 19.0 Å². The van der Waals surface area contributed by atoms with E-state index < -0.39 is 0 Å². The Kier molecular flexibility index (Phi) is 3.98. The smallest absolute Gasteiger partial charge is 0.226 e. The molecule has 0 bridgehead atoms. The van der Waals surface area contributed by atoms with E-state index in [1.54, 1.807) is 0 Å². The van der Waals surface area contributed by atoms with Gasteiger partial charge in [-0.15, -0.1) is 0 Å². The summed E-state index contributed by atoms with van der Waals surface area (Å²) in [6.45, 7) is 7.82. The number of carbonyl (C=O) groups is 1. The van der Waals surface area contributed by atoms with Gasteiger partial charge in [0.25, 0.3) is 0 Å². The van der Waals surface area contributed by atoms with E-state index >= 15 is 0 Å². The summed E-state index contributed by atoms with van der Waals surface area (Å²) in [5.41, 5.74) is 5.61. The van der Waals surface area contributed by atoms with Crippen molar-refractivity contribution in [3.63, 3.8) is 0 Å².